The van der Waals surface area contributed by atoms with Crippen molar-refractivity contribution in [3.8, 4) is 0 Å². The standard InChI is InChI=1S/C26H31N5O2/c1-17-21(19-7-3-5-9-23(19)30-17)15-25(32)28-13-11-27-12-14-29-26(33)16-22-18(2)31-24-10-6-4-8-20(22)24/h3-10,27,30-31H,11-16H2,1-2H3,(H,28,32)(H,29,33). The molecule has 0 aliphatic carbocycles. The van der Waals surface area contributed by atoms with E-state index in [2.05, 4.69) is 25.9 Å². The second kappa shape index (κ2) is 10.4. The quantitative estimate of drug-likeness (QED) is 0.243. The Balaban J connectivity index is 1.12. The molecule has 2 aromatic heterocycles. The molecule has 172 valence electrons. The number of fused-ring (bicyclic) bond motifs is 2. The Morgan fingerprint density at radius 1 is 0.667 bits per heavy atom. The average Bonchev–Trinajstić information content (AvgIpc) is 3.29. The highest BCUT2D eigenvalue weighted by molar-refractivity contribution is 5.91. The molecule has 2 heterocycles. The van der Waals surface area contributed by atoms with Crippen molar-refractivity contribution in [3.05, 3.63) is 71.0 Å². The topological polar surface area (TPSA) is 102 Å². The number of hydrogen-bond donors (Lipinski definition) is 5. The Morgan fingerprint density at radius 2 is 1.09 bits per heavy atom. The molecule has 33 heavy (non-hydrogen) atoms. The van der Waals surface area contributed by atoms with Crippen LogP contribution in [0.2, 0.25) is 0 Å². The highest BCUT2D eigenvalue weighted by Crippen LogP contribution is 2.23. The summed E-state index contributed by atoms with van der Waals surface area (Å²) in [4.78, 5) is 31.3. The van der Waals surface area contributed by atoms with Crippen molar-refractivity contribution in [1.29, 1.82) is 0 Å². The molecule has 0 spiro atoms. The highest BCUT2D eigenvalue weighted by atomic mass is 16.2. The smallest absolute Gasteiger partial charge is 0.224 e. The van der Waals surface area contributed by atoms with Crippen LogP contribution in [0.25, 0.3) is 21.8 Å². The number of nitrogens with one attached hydrogen (secondary N) is 5. The molecule has 0 bridgehead atoms. The number of amides is 2. The number of aryl methyl sites for hydroxylation is 2. The zero-order chi connectivity index (χ0) is 23.2. The van der Waals surface area contributed by atoms with Gasteiger partial charge in [-0.1, -0.05) is 36.4 Å². The molecule has 5 N–H and O–H groups in total. The van der Waals surface area contributed by atoms with E-state index < -0.39 is 0 Å². The second-order valence-electron chi connectivity index (χ2n) is 8.35. The van der Waals surface area contributed by atoms with Crippen LogP contribution in [0.15, 0.2) is 48.5 Å². The summed E-state index contributed by atoms with van der Waals surface area (Å²) in [5, 5.41) is 11.4. The van der Waals surface area contributed by atoms with Crippen LogP contribution in [0, 0.1) is 13.8 Å². The van der Waals surface area contributed by atoms with Crippen LogP contribution >= 0.6 is 0 Å². The van der Waals surface area contributed by atoms with Gasteiger partial charge >= 0.3 is 0 Å². The molecule has 0 atom stereocenters. The fourth-order valence-electron chi connectivity index (χ4n) is 4.28. The van der Waals surface area contributed by atoms with Crippen LogP contribution < -0.4 is 16.0 Å². The van der Waals surface area contributed by atoms with E-state index in [4.69, 9.17) is 0 Å². The fourth-order valence-corrected chi connectivity index (χ4v) is 4.28. The predicted octanol–water partition coefficient (Wildman–Crippen LogP) is 2.87. The van der Waals surface area contributed by atoms with Crippen LogP contribution in [0.3, 0.4) is 0 Å². The molecular formula is C26H31N5O2. The van der Waals surface area contributed by atoms with Gasteiger partial charge in [0.05, 0.1) is 12.8 Å². The van der Waals surface area contributed by atoms with Gasteiger partial charge in [0, 0.05) is 59.4 Å². The minimum absolute atomic E-state index is 0.00653. The van der Waals surface area contributed by atoms with E-state index in [0.717, 1.165) is 44.3 Å². The zero-order valence-electron chi connectivity index (χ0n) is 19.2. The van der Waals surface area contributed by atoms with Gasteiger partial charge in [-0.3, -0.25) is 9.59 Å². The van der Waals surface area contributed by atoms with Gasteiger partial charge in [0.1, 0.15) is 0 Å². The lowest BCUT2D eigenvalue weighted by molar-refractivity contribution is -0.121. The third-order valence-corrected chi connectivity index (χ3v) is 5.98. The maximum Gasteiger partial charge on any atom is 0.224 e. The first kappa shape index (κ1) is 22.6. The minimum Gasteiger partial charge on any atom is -0.358 e. The SMILES string of the molecule is Cc1[nH]c2ccccc2c1CC(=O)NCCNCCNC(=O)Cc1c(C)[nH]c2ccccc12. The number of benzene rings is 2. The van der Waals surface area contributed by atoms with E-state index in [1.165, 1.54) is 0 Å². The first-order valence-electron chi connectivity index (χ1n) is 11.4. The molecule has 0 aliphatic heterocycles. The zero-order valence-corrected chi connectivity index (χ0v) is 19.2. The van der Waals surface area contributed by atoms with Gasteiger partial charge in [-0.25, -0.2) is 0 Å². The number of carbonyl (C=O) groups is 2. The molecule has 7 heteroatoms. The molecule has 0 radical (unpaired) electrons. The van der Waals surface area contributed by atoms with E-state index in [9.17, 15) is 9.59 Å². The Kier molecular flexibility index (Phi) is 7.10. The van der Waals surface area contributed by atoms with Crippen LogP contribution in [-0.4, -0.2) is 48.0 Å². The number of H-pyrrole nitrogens is 2. The molecule has 0 unspecified atom stereocenters. The minimum atomic E-state index is 0.00653. The van der Waals surface area contributed by atoms with Gasteiger partial charge in [0.2, 0.25) is 11.8 Å². The van der Waals surface area contributed by atoms with Crippen LogP contribution in [0.5, 0.6) is 0 Å². The van der Waals surface area contributed by atoms with Crippen molar-refractivity contribution in [2.24, 2.45) is 0 Å². The number of aromatic nitrogens is 2. The Morgan fingerprint density at radius 3 is 1.55 bits per heavy atom. The van der Waals surface area contributed by atoms with Gasteiger partial charge in [0.15, 0.2) is 0 Å². The van der Waals surface area contributed by atoms with Crippen molar-refractivity contribution in [2.75, 3.05) is 26.2 Å². The molecule has 7 nitrogen and oxygen atoms in total. The number of rotatable bonds is 10. The normalized spacial score (nSPS) is 11.2. The predicted molar refractivity (Wildman–Crippen MR) is 132 cm³/mol. The number of para-hydroxylation sites is 2. The van der Waals surface area contributed by atoms with Gasteiger partial charge < -0.3 is 25.9 Å². The summed E-state index contributed by atoms with van der Waals surface area (Å²) in [5.41, 5.74) is 6.27. The molecule has 4 rings (SSSR count). The Hall–Kier alpha value is -3.58. The fraction of sp³-hybridized carbons (Fsp3) is 0.308. The molecule has 0 aliphatic rings. The van der Waals surface area contributed by atoms with Gasteiger partial charge in [-0.2, -0.15) is 0 Å². The maximum atomic E-state index is 12.3. The van der Waals surface area contributed by atoms with Crippen molar-refractivity contribution in [3.63, 3.8) is 0 Å². The van der Waals surface area contributed by atoms with E-state index >= 15 is 0 Å². The second-order valence-corrected chi connectivity index (χ2v) is 8.35. The molecule has 4 aromatic rings. The lowest BCUT2D eigenvalue weighted by Gasteiger charge is -2.09. The maximum absolute atomic E-state index is 12.3. The lowest BCUT2D eigenvalue weighted by Crippen LogP contribution is -2.37. The summed E-state index contributed by atoms with van der Waals surface area (Å²) in [6.45, 7) is 6.38. The highest BCUT2D eigenvalue weighted by Gasteiger charge is 2.13. The first-order chi connectivity index (χ1) is 16.0. The van der Waals surface area contributed by atoms with E-state index in [0.29, 0.717) is 39.0 Å². The third-order valence-electron chi connectivity index (χ3n) is 5.98. The van der Waals surface area contributed by atoms with Gasteiger partial charge in [0.25, 0.3) is 0 Å². The van der Waals surface area contributed by atoms with Crippen molar-refractivity contribution >= 4 is 33.6 Å². The van der Waals surface area contributed by atoms with E-state index in [1.807, 2.05) is 62.4 Å². The summed E-state index contributed by atoms with van der Waals surface area (Å²) in [6.07, 6.45) is 0.721. The number of hydrogen-bond acceptors (Lipinski definition) is 3. The summed E-state index contributed by atoms with van der Waals surface area (Å²) in [5.74, 6) is 0.0131. The Labute approximate surface area is 193 Å². The first-order valence-corrected chi connectivity index (χ1v) is 11.4. The van der Waals surface area contributed by atoms with E-state index in [1.54, 1.807) is 0 Å². The Bertz CT molecular complexity index is 1170. The molecular weight excluding hydrogens is 414 g/mol. The van der Waals surface area contributed by atoms with Gasteiger partial charge in [-0.05, 0) is 37.1 Å². The van der Waals surface area contributed by atoms with Crippen molar-refractivity contribution < 1.29 is 9.59 Å². The van der Waals surface area contributed by atoms with Crippen LogP contribution in [0.1, 0.15) is 22.5 Å². The van der Waals surface area contributed by atoms with Crippen LogP contribution in [0.4, 0.5) is 0 Å². The van der Waals surface area contributed by atoms with Crippen molar-refractivity contribution in [2.45, 2.75) is 26.7 Å². The summed E-state index contributed by atoms with van der Waals surface area (Å²) in [6, 6.07) is 16.1. The molecule has 0 fully saturated rings. The summed E-state index contributed by atoms with van der Waals surface area (Å²) >= 11 is 0. The van der Waals surface area contributed by atoms with Gasteiger partial charge in [-0.15, -0.1) is 0 Å². The third kappa shape index (κ3) is 5.43. The lowest BCUT2D eigenvalue weighted by atomic mass is 10.1. The summed E-state index contributed by atoms with van der Waals surface area (Å²) in [7, 11) is 0. The monoisotopic (exact) mass is 445 g/mol. The van der Waals surface area contributed by atoms with Crippen LogP contribution in [-0.2, 0) is 22.4 Å². The number of carbonyl (C=O) groups excluding carboxylic acids is 2. The largest absolute Gasteiger partial charge is 0.358 e. The molecule has 0 saturated carbocycles. The summed E-state index contributed by atoms with van der Waals surface area (Å²) < 4.78 is 0. The average molecular weight is 446 g/mol. The van der Waals surface area contributed by atoms with Crippen molar-refractivity contribution in [1.82, 2.24) is 25.9 Å². The number of aromatic amines is 2. The van der Waals surface area contributed by atoms with E-state index in [-0.39, 0.29) is 11.8 Å². The molecule has 2 amide bonds. The molecule has 2 aromatic carbocycles. The molecule has 0 saturated heterocycles.